The molecule has 0 unspecified atom stereocenters. The Balaban J connectivity index is 2.93. The first-order valence-corrected chi connectivity index (χ1v) is 10.6. The van der Waals surface area contributed by atoms with E-state index in [0.29, 0.717) is 18.4 Å². The Bertz CT molecular complexity index is 728. The summed E-state index contributed by atoms with van der Waals surface area (Å²) in [4.78, 5) is 36.5. The maximum Gasteiger partial charge on any atom is 0.416 e. The molecule has 0 bridgehead atoms. The quantitative estimate of drug-likeness (QED) is 0.180. The lowest BCUT2D eigenvalue weighted by Crippen LogP contribution is -2.38. The molecule has 1 N–H and O–H groups in total. The van der Waals surface area contributed by atoms with Crippen LogP contribution in [0.2, 0.25) is 0 Å². The van der Waals surface area contributed by atoms with Crippen LogP contribution in [0.4, 0.5) is 4.79 Å². The van der Waals surface area contributed by atoms with Gasteiger partial charge in [-0.15, -0.1) is 23.2 Å². The van der Waals surface area contributed by atoms with Crippen LogP contribution in [0.15, 0.2) is 18.2 Å². The third-order valence-electron chi connectivity index (χ3n) is 3.98. The van der Waals surface area contributed by atoms with E-state index in [1.165, 1.54) is 12.3 Å². The van der Waals surface area contributed by atoms with Gasteiger partial charge < -0.3 is 19.5 Å². The van der Waals surface area contributed by atoms with Gasteiger partial charge in [-0.2, -0.15) is 0 Å². The number of nitrogens with zero attached hydrogens (tertiary/aromatic N) is 1. The molecule has 0 saturated carbocycles. The van der Waals surface area contributed by atoms with Gasteiger partial charge in [0.15, 0.2) is 0 Å². The number of nitrogens with one attached hydrogen (secondary N) is 1. The molecular weight excluding hydrogens is 430 g/mol. The zero-order chi connectivity index (χ0) is 22.7. The summed E-state index contributed by atoms with van der Waals surface area (Å²) in [5, 5.41) is 2.92. The number of ether oxygens (including phenoxy) is 2. The Labute approximate surface area is 188 Å². The van der Waals surface area contributed by atoms with Crippen LogP contribution in [0.5, 0.6) is 5.75 Å². The van der Waals surface area contributed by atoms with E-state index >= 15 is 0 Å². The van der Waals surface area contributed by atoms with Crippen molar-refractivity contribution in [3.8, 4) is 5.75 Å². The van der Waals surface area contributed by atoms with Crippen LogP contribution in [0, 0.1) is 6.92 Å². The summed E-state index contributed by atoms with van der Waals surface area (Å²) in [5.74, 6) is 0.214. The van der Waals surface area contributed by atoms with Crippen molar-refractivity contribution < 1.29 is 23.9 Å². The topological polar surface area (TPSA) is 84.9 Å². The monoisotopic (exact) mass is 457 g/mol. The van der Waals surface area contributed by atoms with E-state index in [0.717, 1.165) is 11.1 Å². The number of benzene rings is 1. The summed E-state index contributed by atoms with van der Waals surface area (Å²) in [6.07, 6.45) is 0.506. The van der Waals surface area contributed by atoms with Crippen molar-refractivity contribution >= 4 is 48.9 Å². The van der Waals surface area contributed by atoms with E-state index in [-0.39, 0.29) is 36.9 Å². The number of rotatable bonds is 11. The molecule has 1 radical (unpaired) electrons. The maximum atomic E-state index is 12.2. The van der Waals surface area contributed by atoms with E-state index in [9.17, 15) is 14.4 Å². The van der Waals surface area contributed by atoms with Crippen LogP contribution in [0.3, 0.4) is 0 Å². The number of alkyl halides is 2. The van der Waals surface area contributed by atoms with E-state index in [4.69, 9.17) is 32.7 Å². The van der Waals surface area contributed by atoms with Gasteiger partial charge in [0.05, 0.1) is 18.6 Å². The molecule has 1 rings (SSSR count). The first-order chi connectivity index (χ1) is 14.1. The summed E-state index contributed by atoms with van der Waals surface area (Å²) < 4.78 is 10.8. The molecule has 0 fully saturated rings. The molecule has 0 aliphatic rings. The molecule has 0 aliphatic carbocycles. The fourth-order valence-electron chi connectivity index (χ4n) is 2.61. The molecular formula is C20H28BCl2N2O5. The first kappa shape index (κ1) is 26.3. The van der Waals surface area contributed by atoms with Gasteiger partial charge in [-0.25, -0.2) is 4.79 Å². The van der Waals surface area contributed by atoms with Gasteiger partial charge in [0, 0.05) is 18.5 Å². The van der Waals surface area contributed by atoms with Gasteiger partial charge in [-0.05, 0) is 57.4 Å². The molecule has 0 heterocycles. The molecule has 165 valence electrons. The average Bonchev–Trinajstić information content (AvgIpc) is 2.65. The van der Waals surface area contributed by atoms with Gasteiger partial charge in [-0.3, -0.25) is 9.69 Å². The van der Waals surface area contributed by atoms with Crippen LogP contribution in [-0.2, 0) is 20.7 Å². The lowest BCUT2D eigenvalue weighted by atomic mass is 9.91. The molecule has 30 heavy (non-hydrogen) atoms. The fourth-order valence-corrected chi connectivity index (χ4v) is 3.03. The summed E-state index contributed by atoms with van der Waals surface area (Å²) in [7, 11) is 1.25. The van der Waals surface area contributed by atoms with Crippen molar-refractivity contribution in [2.75, 3.05) is 18.4 Å². The van der Waals surface area contributed by atoms with Crippen LogP contribution in [-0.4, -0.2) is 60.6 Å². The number of hydrogen-bond donors (Lipinski definition) is 1. The maximum absolute atomic E-state index is 12.2. The number of carbonyl (C=O) groups is 3. The van der Waals surface area contributed by atoms with Crippen LogP contribution < -0.4 is 9.96 Å². The van der Waals surface area contributed by atoms with Crippen molar-refractivity contribution in [2.24, 2.45) is 0 Å². The van der Waals surface area contributed by atoms with Gasteiger partial charge in [-0.1, -0.05) is 6.07 Å². The zero-order valence-electron chi connectivity index (χ0n) is 17.7. The first-order valence-electron chi connectivity index (χ1n) is 9.52. The van der Waals surface area contributed by atoms with Crippen molar-refractivity contribution in [3.63, 3.8) is 0 Å². The van der Waals surface area contributed by atoms with E-state index in [2.05, 4.69) is 5.23 Å². The highest BCUT2D eigenvalue weighted by Crippen LogP contribution is 2.21. The molecule has 1 atom stereocenters. The molecule has 1 aromatic carbocycles. The zero-order valence-corrected chi connectivity index (χ0v) is 19.3. The molecule has 1 aromatic rings. The largest absolute Gasteiger partial charge is 0.460 e. The second-order valence-corrected chi connectivity index (χ2v) is 8.31. The third kappa shape index (κ3) is 9.83. The smallest absolute Gasteiger partial charge is 0.416 e. The third-order valence-corrected chi connectivity index (χ3v) is 4.44. The number of esters is 1. The highest BCUT2D eigenvalue weighted by molar-refractivity contribution is 6.64. The standard InChI is InChI=1S/C20H28BCl2N2O5/c1-14-5-6-17(29-19(28)25(13-23)8-7-22)10-15(14)9-16(24-21-12-26)11-18(27)30-20(2,3)4/h5-6,10,12,16,24H,7-9,11,13H2,1-4H3/t16-/m1/s1. The van der Waals surface area contributed by atoms with Crippen LogP contribution >= 0.6 is 23.2 Å². The second-order valence-electron chi connectivity index (χ2n) is 7.69. The summed E-state index contributed by atoms with van der Waals surface area (Å²) >= 11 is 11.4. The summed E-state index contributed by atoms with van der Waals surface area (Å²) in [5.41, 5.74) is 1.21. The number of aryl methyl sites for hydroxylation is 1. The fraction of sp³-hybridized carbons (Fsp3) is 0.550. The average molecular weight is 458 g/mol. The molecule has 0 saturated heterocycles. The molecule has 0 aliphatic heterocycles. The van der Waals surface area contributed by atoms with Gasteiger partial charge in [0.1, 0.15) is 11.4 Å². The Morgan fingerprint density at radius 1 is 1.30 bits per heavy atom. The molecule has 0 spiro atoms. The normalized spacial score (nSPS) is 12.1. The van der Waals surface area contributed by atoms with Crippen molar-refractivity contribution in [2.45, 2.75) is 52.2 Å². The summed E-state index contributed by atoms with van der Waals surface area (Å²) in [6, 6.07) is 4.82. The molecule has 1 amide bonds. The van der Waals surface area contributed by atoms with Gasteiger partial charge in [0.25, 0.3) is 7.41 Å². The molecule has 0 aromatic heterocycles. The van der Waals surface area contributed by atoms with E-state index < -0.39 is 11.7 Å². The minimum atomic E-state index is -0.600. The Hall–Kier alpha value is -1.77. The number of halogens is 2. The van der Waals surface area contributed by atoms with Crippen molar-refractivity contribution in [1.82, 2.24) is 10.1 Å². The van der Waals surface area contributed by atoms with E-state index in [1.54, 1.807) is 32.9 Å². The second kappa shape index (κ2) is 12.8. The van der Waals surface area contributed by atoms with Gasteiger partial charge >= 0.3 is 12.1 Å². The lowest BCUT2D eigenvalue weighted by Gasteiger charge is -2.23. The number of hydrogen-bond acceptors (Lipinski definition) is 6. The lowest BCUT2D eigenvalue weighted by molar-refractivity contribution is -0.155. The number of carbonyl (C=O) groups excluding carboxylic acids is 3. The van der Waals surface area contributed by atoms with Crippen molar-refractivity contribution in [1.29, 1.82) is 0 Å². The Kier molecular flexibility index (Phi) is 11.2. The highest BCUT2D eigenvalue weighted by atomic mass is 35.5. The number of amides is 1. The Morgan fingerprint density at radius 3 is 2.57 bits per heavy atom. The molecule has 10 heteroatoms. The predicted octanol–water partition coefficient (Wildman–Crippen LogP) is 3.27. The minimum absolute atomic E-state index is 0.0340. The molecule has 7 nitrogen and oxygen atoms in total. The van der Waals surface area contributed by atoms with Crippen LogP contribution in [0.1, 0.15) is 38.3 Å². The minimum Gasteiger partial charge on any atom is -0.460 e. The SMILES string of the molecule is Cc1ccc(OC(=O)N(CCl)CCCl)cc1C[C@H](CC(=O)OC(C)(C)C)N[B]C=O. The van der Waals surface area contributed by atoms with E-state index in [1.807, 2.05) is 13.0 Å². The van der Waals surface area contributed by atoms with Gasteiger partial charge in [0.2, 0.25) is 0 Å². The summed E-state index contributed by atoms with van der Waals surface area (Å²) in [6.45, 7) is 7.56. The highest BCUT2D eigenvalue weighted by Gasteiger charge is 2.22. The predicted molar refractivity (Wildman–Crippen MR) is 119 cm³/mol. The van der Waals surface area contributed by atoms with Crippen LogP contribution in [0.25, 0.3) is 0 Å². The Morgan fingerprint density at radius 2 is 2.00 bits per heavy atom. The van der Waals surface area contributed by atoms with Crippen molar-refractivity contribution in [3.05, 3.63) is 29.3 Å².